The molecule has 0 aromatic heterocycles. The molecule has 0 saturated carbocycles. The average molecular weight is 344 g/mol. The maximum atomic E-state index is 12.5. The third-order valence-electron chi connectivity index (χ3n) is 3.12. The molecule has 0 bridgehead atoms. The van der Waals surface area contributed by atoms with Gasteiger partial charge in [0.15, 0.2) is 0 Å². The highest BCUT2D eigenvalue weighted by molar-refractivity contribution is 6.39. The van der Waals surface area contributed by atoms with Crippen LogP contribution in [0, 0.1) is 11.8 Å². The smallest absolute Gasteiger partial charge is 0.334 e. The highest BCUT2D eigenvalue weighted by Crippen LogP contribution is 2.29. The number of hydrogen-bond acceptors (Lipinski definition) is 2. The van der Waals surface area contributed by atoms with Crippen molar-refractivity contribution in [3.05, 3.63) is 29.8 Å². The summed E-state index contributed by atoms with van der Waals surface area (Å²) < 4.78 is 37.5. The van der Waals surface area contributed by atoms with Crippen LogP contribution in [0.1, 0.15) is 33.3 Å². The van der Waals surface area contributed by atoms with Gasteiger partial charge in [-0.15, -0.1) is 0 Å². The van der Waals surface area contributed by atoms with Crippen molar-refractivity contribution >= 4 is 17.5 Å². The van der Waals surface area contributed by atoms with Gasteiger partial charge in [0, 0.05) is 18.8 Å². The zero-order chi connectivity index (χ0) is 18.5. The minimum atomic E-state index is -4.44. The lowest BCUT2D eigenvalue weighted by atomic mass is 10.1. The molecule has 0 fully saturated rings. The number of alkyl halides is 3. The molecule has 0 aliphatic rings. The van der Waals surface area contributed by atoms with Gasteiger partial charge in [-0.3, -0.25) is 9.59 Å². The van der Waals surface area contributed by atoms with Crippen LogP contribution in [0.5, 0.6) is 0 Å². The highest BCUT2D eigenvalue weighted by atomic mass is 19.4. The molecule has 0 unspecified atom stereocenters. The van der Waals surface area contributed by atoms with Gasteiger partial charge in [-0.1, -0.05) is 27.7 Å². The van der Waals surface area contributed by atoms with Gasteiger partial charge < -0.3 is 10.2 Å². The molecule has 1 rings (SSSR count). The Bertz CT molecular complexity index is 556. The normalized spacial score (nSPS) is 11.7. The molecule has 24 heavy (non-hydrogen) atoms. The quantitative estimate of drug-likeness (QED) is 0.827. The second kappa shape index (κ2) is 8.17. The molecule has 1 N–H and O–H groups in total. The Balaban J connectivity index is 2.79. The number of carbonyl (C=O) groups is 2. The maximum Gasteiger partial charge on any atom is 0.416 e. The summed E-state index contributed by atoms with van der Waals surface area (Å²) in [5.74, 6) is -1.13. The minimum absolute atomic E-state index is 0.149. The zero-order valence-electron chi connectivity index (χ0n) is 14.3. The largest absolute Gasteiger partial charge is 0.416 e. The average Bonchev–Trinajstić information content (AvgIpc) is 2.44. The van der Waals surface area contributed by atoms with Gasteiger partial charge in [0.1, 0.15) is 0 Å². The van der Waals surface area contributed by atoms with E-state index in [1.807, 2.05) is 27.7 Å². The van der Waals surface area contributed by atoms with Gasteiger partial charge in [-0.2, -0.15) is 13.2 Å². The molecule has 0 saturated heterocycles. The monoisotopic (exact) mass is 344 g/mol. The first-order valence-electron chi connectivity index (χ1n) is 7.78. The minimum Gasteiger partial charge on any atom is -0.334 e. The number of nitrogens with one attached hydrogen (secondary N) is 1. The Morgan fingerprint density at radius 2 is 1.46 bits per heavy atom. The van der Waals surface area contributed by atoms with Crippen LogP contribution in [0.3, 0.4) is 0 Å². The molecule has 1 aromatic rings. The maximum absolute atomic E-state index is 12.5. The number of amides is 2. The highest BCUT2D eigenvalue weighted by Gasteiger charge is 2.30. The van der Waals surface area contributed by atoms with Crippen molar-refractivity contribution in [1.82, 2.24) is 4.90 Å². The summed E-state index contributed by atoms with van der Waals surface area (Å²) in [6, 6.07) is 3.98. The number of carbonyl (C=O) groups excluding carboxylic acids is 2. The van der Waals surface area contributed by atoms with E-state index in [2.05, 4.69) is 5.32 Å². The van der Waals surface area contributed by atoms with E-state index in [4.69, 9.17) is 0 Å². The van der Waals surface area contributed by atoms with Crippen LogP contribution in [0.4, 0.5) is 18.9 Å². The van der Waals surface area contributed by atoms with Crippen LogP contribution in [-0.4, -0.2) is 29.8 Å². The molecule has 4 nitrogen and oxygen atoms in total. The third kappa shape index (κ3) is 6.22. The summed E-state index contributed by atoms with van der Waals surface area (Å²) >= 11 is 0. The fourth-order valence-corrected chi connectivity index (χ4v) is 2.19. The summed E-state index contributed by atoms with van der Waals surface area (Å²) in [5, 5.41) is 2.35. The van der Waals surface area contributed by atoms with Crippen LogP contribution >= 0.6 is 0 Å². The topological polar surface area (TPSA) is 49.4 Å². The van der Waals surface area contributed by atoms with Crippen LogP contribution in [0.25, 0.3) is 0 Å². The molecule has 0 radical (unpaired) electrons. The summed E-state index contributed by atoms with van der Waals surface area (Å²) in [6.07, 6.45) is -4.44. The van der Waals surface area contributed by atoms with E-state index in [1.54, 1.807) is 0 Å². The lowest BCUT2D eigenvalue weighted by Crippen LogP contribution is -2.43. The lowest BCUT2D eigenvalue weighted by Gasteiger charge is -2.25. The second-order valence-electron chi connectivity index (χ2n) is 6.53. The predicted octanol–water partition coefficient (Wildman–Crippen LogP) is 3.78. The fraction of sp³-hybridized carbons (Fsp3) is 0.529. The Kier molecular flexibility index (Phi) is 6.81. The number of halogens is 3. The Hall–Kier alpha value is -2.05. The number of benzene rings is 1. The molecule has 1 aromatic carbocycles. The van der Waals surface area contributed by atoms with E-state index in [9.17, 15) is 22.8 Å². The van der Waals surface area contributed by atoms with Crippen molar-refractivity contribution < 1.29 is 22.8 Å². The first-order valence-corrected chi connectivity index (χ1v) is 7.78. The number of nitrogens with zero attached hydrogens (tertiary/aromatic N) is 1. The Labute approximate surface area is 140 Å². The van der Waals surface area contributed by atoms with E-state index in [-0.39, 0.29) is 17.5 Å². The van der Waals surface area contributed by atoms with Gasteiger partial charge >= 0.3 is 18.0 Å². The van der Waals surface area contributed by atoms with E-state index >= 15 is 0 Å². The van der Waals surface area contributed by atoms with Crippen molar-refractivity contribution in [2.24, 2.45) is 11.8 Å². The van der Waals surface area contributed by atoms with E-state index in [0.29, 0.717) is 13.1 Å². The Morgan fingerprint density at radius 1 is 1.00 bits per heavy atom. The third-order valence-corrected chi connectivity index (χ3v) is 3.12. The predicted molar refractivity (Wildman–Crippen MR) is 86.3 cm³/mol. The Morgan fingerprint density at radius 3 is 1.83 bits per heavy atom. The molecular formula is C17H23F3N2O2. The summed E-state index contributed by atoms with van der Waals surface area (Å²) in [6.45, 7) is 8.64. The van der Waals surface area contributed by atoms with Gasteiger partial charge in [0.25, 0.3) is 0 Å². The van der Waals surface area contributed by atoms with Crippen molar-refractivity contribution in [1.29, 1.82) is 0 Å². The first-order chi connectivity index (χ1) is 11.0. The molecule has 0 aliphatic carbocycles. The molecule has 0 atom stereocenters. The van der Waals surface area contributed by atoms with Crippen LogP contribution < -0.4 is 5.32 Å². The van der Waals surface area contributed by atoms with Crippen LogP contribution in [0.15, 0.2) is 24.3 Å². The molecule has 134 valence electrons. The molecule has 0 heterocycles. The first kappa shape index (κ1) is 20.0. The van der Waals surface area contributed by atoms with Gasteiger partial charge in [0.05, 0.1) is 5.56 Å². The summed E-state index contributed by atoms with van der Waals surface area (Å²) in [5.41, 5.74) is -0.663. The second-order valence-corrected chi connectivity index (χ2v) is 6.53. The number of anilines is 1. The van der Waals surface area contributed by atoms with Gasteiger partial charge in [-0.05, 0) is 36.1 Å². The van der Waals surface area contributed by atoms with E-state index in [1.165, 1.54) is 4.90 Å². The van der Waals surface area contributed by atoms with Crippen LogP contribution in [0.2, 0.25) is 0 Å². The van der Waals surface area contributed by atoms with Crippen molar-refractivity contribution in [3.8, 4) is 0 Å². The van der Waals surface area contributed by atoms with Crippen molar-refractivity contribution in [2.75, 3.05) is 18.4 Å². The summed E-state index contributed by atoms with van der Waals surface area (Å²) in [4.78, 5) is 25.8. The SMILES string of the molecule is CC(C)CN(CC(C)C)C(=O)C(=O)Nc1ccc(C(F)(F)F)cc1. The standard InChI is InChI=1S/C17H23F3N2O2/c1-11(2)9-22(10-12(3)4)16(24)15(23)21-14-7-5-13(6-8-14)17(18,19)20/h5-8,11-12H,9-10H2,1-4H3,(H,21,23). The summed E-state index contributed by atoms with van der Waals surface area (Å²) in [7, 11) is 0. The fourth-order valence-electron chi connectivity index (χ4n) is 2.19. The number of hydrogen-bond donors (Lipinski definition) is 1. The molecule has 2 amide bonds. The van der Waals surface area contributed by atoms with E-state index in [0.717, 1.165) is 24.3 Å². The molecular weight excluding hydrogens is 321 g/mol. The zero-order valence-corrected chi connectivity index (χ0v) is 14.3. The van der Waals surface area contributed by atoms with Gasteiger partial charge in [-0.25, -0.2) is 0 Å². The van der Waals surface area contributed by atoms with Crippen molar-refractivity contribution in [2.45, 2.75) is 33.9 Å². The van der Waals surface area contributed by atoms with Gasteiger partial charge in [0.2, 0.25) is 0 Å². The molecule has 7 heteroatoms. The number of rotatable bonds is 5. The van der Waals surface area contributed by atoms with Crippen molar-refractivity contribution in [3.63, 3.8) is 0 Å². The lowest BCUT2D eigenvalue weighted by molar-refractivity contribution is -0.143. The molecule has 0 aliphatic heterocycles. The molecule has 0 spiro atoms. The van der Waals surface area contributed by atoms with E-state index < -0.39 is 23.6 Å². The van der Waals surface area contributed by atoms with Crippen LogP contribution in [-0.2, 0) is 15.8 Å².